The molecule has 0 amide bonds. The molecule has 7 heteroatoms. The van der Waals surface area contributed by atoms with Gasteiger partial charge in [0.1, 0.15) is 0 Å². The predicted octanol–water partition coefficient (Wildman–Crippen LogP) is 3.80. The lowest BCUT2D eigenvalue weighted by Crippen LogP contribution is -2.46. The third kappa shape index (κ3) is 7.02. The van der Waals surface area contributed by atoms with Gasteiger partial charge in [-0.1, -0.05) is 30.3 Å². The van der Waals surface area contributed by atoms with Crippen molar-refractivity contribution in [2.24, 2.45) is 4.99 Å². The minimum atomic E-state index is 0. The molecule has 0 aliphatic carbocycles. The second kappa shape index (κ2) is 12.4. The van der Waals surface area contributed by atoms with E-state index in [0.29, 0.717) is 12.6 Å². The Kier molecular flexibility index (Phi) is 10.3. The molecule has 0 radical (unpaired) electrons. The molecule has 2 aromatic rings. The van der Waals surface area contributed by atoms with Gasteiger partial charge in [-0.25, -0.2) is 4.99 Å². The average molecular weight is 514 g/mol. The topological polar surface area (TPSA) is 48.9 Å². The maximum Gasteiger partial charge on any atom is 0.191 e. The van der Waals surface area contributed by atoms with Gasteiger partial charge in [0.15, 0.2) is 5.96 Å². The van der Waals surface area contributed by atoms with Crippen molar-refractivity contribution in [1.82, 2.24) is 15.5 Å². The molecule has 1 aromatic heterocycles. The summed E-state index contributed by atoms with van der Waals surface area (Å²) in [5.41, 5.74) is 1.33. The van der Waals surface area contributed by atoms with Crippen LogP contribution in [0.5, 0.6) is 0 Å². The molecule has 2 N–H and O–H groups in total. The fourth-order valence-corrected chi connectivity index (χ4v) is 4.10. The van der Waals surface area contributed by atoms with Crippen LogP contribution in [-0.4, -0.2) is 50.3 Å². The summed E-state index contributed by atoms with van der Waals surface area (Å²) in [5.74, 6) is 0.873. The molecule has 5 nitrogen and oxygen atoms in total. The minimum absolute atomic E-state index is 0. The Hall–Kier alpha value is -1.16. The van der Waals surface area contributed by atoms with Crippen LogP contribution in [-0.2, 0) is 11.3 Å². The summed E-state index contributed by atoms with van der Waals surface area (Å²) in [5, 5.41) is 6.92. The number of aryl methyl sites for hydroxylation is 1. The number of nitrogens with zero attached hydrogens (tertiary/aromatic N) is 2. The highest BCUT2D eigenvalue weighted by atomic mass is 127. The Bertz CT molecular complexity index is 716. The van der Waals surface area contributed by atoms with Crippen molar-refractivity contribution in [1.29, 1.82) is 0 Å². The van der Waals surface area contributed by atoms with Gasteiger partial charge >= 0.3 is 0 Å². The van der Waals surface area contributed by atoms with Gasteiger partial charge < -0.3 is 15.4 Å². The molecule has 1 aromatic carbocycles. The van der Waals surface area contributed by atoms with Crippen molar-refractivity contribution in [3.63, 3.8) is 0 Å². The van der Waals surface area contributed by atoms with Crippen molar-refractivity contribution >= 4 is 41.3 Å². The molecule has 1 unspecified atom stereocenters. The van der Waals surface area contributed by atoms with Gasteiger partial charge in [0.05, 0.1) is 25.8 Å². The lowest BCUT2D eigenvalue weighted by Gasteiger charge is -2.35. The third-order valence-electron chi connectivity index (χ3n) is 4.67. The maximum absolute atomic E-state index is 5.54. The molecule has 0 saturated carbocycles. The van der Waals surface area contributed by atoms with Crippen LogP contribution in [0.3, 0.4) is 0 Å². The molecule has 3 rings (SSSR count). The van der Waals surface area contributed by atoms with Gasteiger partial charge in [-0.2, -0.15) is 0 Å². The second-order valence-electron chi connectivity index (χ2n) is 6.66. The Morgan fingerprint density at radius 3 is 2.54 bits per heavy atom. The summed E-state index contributed by atoms with van der Waals surface area (Å²) < 4.78 is 5.54. The van der Waals surface area contributed by atoms with E-state index in [1.807, 2.05) is 11.3 Å². The van der Waals surface area contributed by atoms with Gasteiger partial charge in [0.2, 0.25) is 0 Å². The SMILES string of the molecule is CCNC(=NCc1ccc(C)s1)NCC(c1ccccc1)N1CCOCC1.I. The zero-order valence-electron chi connectivity index (χ0n) is 16.7. The Balaban J connectivity index is 0.00000280. The van der Waals surface area contributed by atoms with Crippen LogP contribution in [0.4, 0.5) is 0 Å². The second-order valence-corrected chi connectivity index (χ2v) is 8.04. The molecule has 1 fully saturated rings. The molecule has 1 saturated heterocycles. The van der Waals surface area contributed by atoms with Crippen molar-refractivity contribution in [3.8, 4) is 0 Å². The highest BCUT2D eigenvalue weighted by Gasteiger charge is 2.22. The normalized spacial score (nSPS) is 16.3. The van der Waals surface area contributed by atoms with E-state index in [0.717, 1.165) is 45.4 Å². The largest absolute Gasteiger partial charge is 0.379 e. The van der Waals surface area contributed by atoms with Crippen LogP contribution in [0.15, 0.2) is 47.5 Å². The molecular formula is C21H31IN4OS. The van der Waals surface area contributed by atoms with E-state index in [-0.39, 0.29) is 24.0 Å². The molecular weight excluding hydrogens is 483 g/mol. The number of nitrogens with one attached hydrogen (secondary N) is 2. The predicted molar refractivity (Wildman–Crippen MR) is 129 cm³/mol. The molecule has 2 heterocycles. The van der Waals surface area contributed by atoms with Crippen LogP contribution >= 0.6 is 35.3 Å². The Labute approximate surface area is 189 Å². The molecule has 1 aliphatic rings. The zero-order valence-corrected chi connectivity index (χ0v) is 19.8. The number of thiophene rings is 1. The van der Waals surface area contributed by atoms with Crippen molar-refractivity contribution in [2.75, 3.05) is 39.4 Å². The van der Waals surface area contributed by atoms with Gasteiger partial charge in [0.25, 0.3) is 0 Å². The standard InChI is InChI=1S/C21H30N4OS.HI/c1-3-22-21(23-15-19-10-9-17(2)27-19)24-16-20(18-7-5-4-6-8-18)25-11-13-26-14-12-25;/h4-10,20H,3,11-16H2,1-2H3,(H2,22,23,24);1H. The van der Waals surface area contributed by atoms with Crippen molar-refractivity contribution in [3.05, 3.63) is 57.8 Å². The molecule has 0 bridgehead atoms. The van der Waals surface area contributed by atoms with E-state index in [4.69, 9.17) is 9.73 Å². The molecule has 1 aliphatic heterocycles. The van der Waals surface area contributed by atoms with Crippen molar-refractivity contribution < 1.29 is 4.74 Å². The average Bonchev–Trinajstić information content (AvgIpc) is 3.13. The summed E-state index contributed by atoms with van der Waals surface area (Å²) in [6.45, 7) is 10.1. The smallest absolute Gasteiger partial charge is 0.191 e. The van der Waals surface area contributed by atoms with Gasteiger partial charge in [-0.15, -0.1) is 35.3 Å². The number of hydrogen-bond acceptors (Lipinski definition) is 4. The lowest BCUT2D eigenvalue weighted by atomic mass is 10.0. The van der Waals surface area contributed by atoms with E-state index in [1.54, 1.807) is 0 Å². The van der Waals surface area contributed by atoms with E-state index in [9.17, 15) is 0 Å². The number of aliphatic imine (C=N–C) groups is 1. The Morgan fingerprint density at radius 1 is 1.14 bits per heavy atom. The third-order valence-corrected chi connectivity index (χ3v) is 5.65. The quantitative estimate of drug-likeness (QED) is 0.335. The first-order chi connectivity index (χ1) is 13.3. The summed E-state index contributed by atoms with van der Waals surface area (Å²) in [7, 11) is 0. The van der Waals surface area contributed by atoms with E-state index < -0.39 is 0 Å². The van der Waals surface area contributed by atoms with E-state index >= 15 is 0 Å². The van der Waals surface area contributed by atoms with Gasteiger partial charge in [-0.3, -0.25) is 4.90 Å². The molecule has 28 heavy (non-hydrogen) atoms. The first-order valence-electron chi connectivity index (χ1n) is 9.70. The lowest BCUT2D eigenvalue weighted by molar-refractivity contribution is 0.0170. The van der Waals surface area contributed by atoms with Gasteiger partial charge in [0, 0.05) is 35.9 Å². The van der Waals surface area contributed by atoms with E-state index in [2.05, 4.69) is 71.8 Å². The number of hydrogen-bond donors (Lipinski definition) is 2. The minimum Gasteiger partial charge on any atom is -0.379 e. The first kappa shape index (κ1) is 23.1. The highest BCUT2D eigenvalue weighted by Crippen LogP contribution is 2.21. The summed E-state index contributed by atoms with van der Waals surface area (Å²) >= 11 is 1.81. The summed E-state index contributed by atoms with van der Waals surface area (Å²) in [6, 6.07) is 15.3. The first-order valence-corrected chi connectivity index (χ1v) is 10.5. The number of rotatable bonds is 7. The maximum atomic E-state index is 5.54. The van der Waals surface area contributed by atoms with Crippen LogP contribution in [0.2, 0.25) is 0 Å². The van der Waals surface area contributed by atoms with Crippen LogP contribution in [0, 0.1) is 6.92 Å². The molecule has 154 valence electrons. The monoisotopic (exact) mass is 514 g/mol. The summed E-state index contributed by atoms with van der Waals surface area (Å²) in [6.07, 6.45) is 0. The van der Waals surface area contributed by atoms with Crippen LogP contribution < -0.4 is 10.6 Å². The number of ether oxygens (including phenoxy) is 1. The molecule has 1 atom stereocenters. The molecule has 0 spiro atoms. The van der Waals surface area contributed by atoms with E-state index in [1.165, 1.54) is 15.3 Å². The Morgan fingerprint density at radius 2 is 1.89 bits per heavy atom. The highest BCUT2D eigenvalue weighted by molar-refractivity contribution is 14.0. The fourth-order valence-electron chi connectivity index (χ4n) is 3.28. The van der Waals surface area contributed by atoms with Crippen LogP contribution in [0.1, 0.15) is 28.3 Å². The fraction of sp³-hybridized carbons (Fsp3) is 0.476. The summed E-state index contributed by atoms with van der Waals surface area (Å²) in [4.78, 5) is 9.89. The van der Waals surface area contributed by atoms with Gasteiger partial charge in [-0.05, 0) is 31.5 Å². The zero-order chi connectivity index (χ0) is 18.9. The number of halogens is 1. The van der Waals surface area contributed by atoms with Crippen LogP contribution in [0.25, 0.3) is 0 Å². The van der Waals surface area contributed by atoms with Crippen molar-refractivity contribution in [2.45, 2.75) is 26.4 Å². The number of morpholine rings is 1. The number of benzene rings is 1. The number of guanidine groups is 1.